The van der Waals surface area contributed by atoms with E-state index in [4.69, 9.17) is 4.74 Å². The number of amides is 2. The summed E-state index contributed by atoms with van der Waals surface area (Å²) in [6.45, 7) is -0.260. The van der Waals surface area contributed by atoms with Gasteiger partial charge in [0.2, 0.25) is 11.8 Å². The molecule has 4 rings (SSSR count). The van der Waals surface area contributed by atoms with Crippen molar-refractivity contribution in [1.29, 1.82) is 0 Å². The minimum atomic E-state index is -4.93. The normalized spacial score (nSPS) is 21.4. The molecule has 38 heavy (non-hydrogen) atoms. The smallest absolute Gasteiger partial charge is 0.372 e. The van der Waals surface area contributed by atoms with Gasteiger partial charge in [0.1, 0.15) is 5.82 Å². The number of alkyl halides is 6. The van der Waals surface area contributed by atoms with Crippen LogP contribution in [0.15, 0.2) is 48.5 Å². The Balaban J connectivity index is 0.000000494. The van der Waals surface area contributed by atoms with Crippen LogP contribution in [0.4, 0.5) is 30.7 Å². The lowest BCUT2D eigenvalue weighted by molar-refractivity contribution is -0.145. The second-order valence-electron chi connectivity index (χ2n) is 9.45. The van der Waals surface area contributed by atoms with Gasteiger partial charge in [-0.15, -0.1) is 0 Å². The third kappa shape index (κ3) is 7.68. The number of nitrogens with zero attached hydrogens (tertiary/aromatic N) is 2. The van der Waals surface area contributed by atoms with Crippen LogP contribution < -0.4 is 0 Å². The quantitative estimate of drug-likeness (QED) is 0.472. The van der Waals surface area contributed by atoms with Gasteiger partial charge in [0, 0.05) is 39.0 Å². The molecule has 2 aromatic carbocycles. The van der Waals surface area contributed by atoms with E-state index in [0.717, 1.165) is 0 Å². The summed E-state index contributed by atoms with van der Waals surface area (Å²) < 4.78 is 95.5. The largest absolute Gasteiger partial charge is 0.416 e. The summed E-state index contributed by atoms with van der Waals surface area (Å²) in [6, 6.07) is 9.03. The molecule has 3 unspecified atom stereocenters. The second kappa shape index (κ2) is 11.7. The van der Waals surface area contributed by atoms with E-state index in [9.17, 15) is 40.3 Å². The zero-order chi connectivity index (χ0) is 28.3. The van der Waals surface area contributed by atoms with Crippen molar-refractivity contribution in [2.75, 3.05) is 20.6 Å². The maximum absolute atomic E-state index is 13.0. The Kier molecular flexibility index (Phi) is 9.06. The second-order valence-corrected chi connectivity index (χ2v) is 9.45. The molecule has 3 atom stereocenters. The van der Waals surface area contributed by atoms with Crippen LogP contribution in [0.5, 0.6) is 0 Å². The van der Waals surface area contributed by atoms with Gasteiger partial charge in [0.05, 0.1) is 23.8 Å². The molecule has 0 aromatic heterocycles. The highest BCUT2D eigenvalue weighted by Crippen LogP contribution is 2.37. The summed E-state index contributed by atoms with van der Waals surface area (Å²) in [5.41, 5.74) is -3.05. The van der Waals surface area contributed by atoms with E-state index >= 15 is 0 Å². The minimum Gasteiger partial charge on any atom is -0.372 e. The summed E-state index contributed by atoms with van der Waals surface area (Å²) >= 11 is 0. The number of benzene rings is 2. The number of hydrogen-bond donors (Lipinski definition) is 0. The number of carbonyl (C=O) groups excluding carboxylic acids is 2. The van der Waals surface area contributed by atoms with E-state index in [2.05, 4.69) is 0 Å². The minimum absolute atomic E-state index is 0.0693. The lowest BCUT2D eigenvalue weighted by Crippen LogP contribution is -2.46. The van der Waals surface area contributed by atoms with Crippen LogP contribution in [0.3, 0.4) is 0 Å². The topological polar surface area (TPSA) is 49.9 Å². The van der Waals surface area contributed by atoms with Crippen LogP contribution in [0, 0.1) is 11.7 Å². The zero-order valence-electron chi connectivity index (χ0n) is 20.7. The van der Waals surface area contributed by atoms with Gasteiger partial charge in [-0.25, -0.2) is 4.39 Å². The van der Waals surface area contributed by atoms with Crippen LogP contribution in [-0.4, -0.2) is 54.4 Å². The van der Waals surface area contributed by atoms with E-state index in [0.29, 0.717) is 25.0 Å². The van der Waals surface area contributed by atoms with Crippen LogP contribution in [-0.2, 0) is 33.3 Å². The van der Waals surface area contributed by atoms with Crippen molar-refractivity contribution in [2.45, 2.75) is 50.4 Å². The Morgan fingerprint density at radius 1 is 0.974 bits per heavy atom. The van der Waals surface area contributed by atoms with Crippen molar-refractivity contribution in [2.24, 2.45) is 5.92 Å². The third-order valence-corrected chi connectivity index (χ3v) is 6.33. The van der Waals surface area contributed by atoms with Gasteiger partial charge in [0.15, 0.2) is 0 Å². The maximum Gasteiger partial charge on any atom is 0.416 e. The highest BCUT2D eigenvalue weighted by atomic mass is 19.4. The van der Waals surface area contributed by atoms with Crippen LogP contribution >= 0.6 is 0 Å². The summed E-state index contributed by atoms with van der Waals surface area (Å²) in [4.78, 5) is 27.6. The number of ether oxygens (including phenoxy) is 1. The zero-order valence-corrected chi connectivity index (χ0v) is 20.7. The van der Waals surface area contributed by atoms with Crippen molar-refractivity contribution >= 4 is 11.8 Å². The van der Waals surface area contributed by atoms with Crippen molar-refractivity contribution in [3.8, 4) is 0 Å². The van der Waals surface area contributed by atoms with Crippen molar-refractivity contribution in [3.05, 3.63) is 71.0 Å². The molecule has 208 valence electrons. The average molecular weight is 548 g/mol. The van der Waals surface area contributed by atoms with Gasteiger partial charge in [-0.2, -0.15) is 26.3 Å². The van der Waals surface area contributed by atoms with Crippen LogP contribution in [0.2, 0.25) is 0 Å². The molecule has 2 heterocycles. The number of rotatable bonds is 4. The molecule has 5 nitrogen and oxygen atoms in total. The molecular formula is C26H27F7N2O3. The number of carbonyl (C=O) groups is 2. The number of fused-ring (bicyclic) bond motifs is 1. The molecule has 2 amide bonds. The Labute approximate surface area is 215 Å². The fourth-order valence-electron chi connectivity index (χ4n) is 4.55. The molecule has 0 spiro atoms. The summed E-state index contributed by atoms with van der Waals surface area (Å²) in [5.74, 6) is -0.982. The first kappa shape index (κ1) is 29.4. The molecule has 0 aliphatic carbocycles. The molecule has 0 N–H and O–H groups in total. The molecule has 0 saturated carbocycles. The Hall–Kier alpha value is -3.15. The van der Waals surface area contributed by atoms with Crippen LogP contribution in [0.1, 0.15) is 36.0 Å². The van der Waals surface area contributed by atoms with Gasteiger partial charge in [-0.05, 0) is 48.7 Å². The summed E-state index contributed by atoms with van der Waals surface area (Å²) in [5, 5.41) is 0. The Bertz CT molecular complexity index is 1090. The third-order valence-electron chi connectivity index (χ3n) is 6.33. The fraction of sp³-hybridized carbons (Fsp3) is 0.462. The van der Waals surface area contributed by atoms with E-state index in [1.165, 1.54) is 17.0 Å². The van der Waals surface area contributed by atoms with Gasteiger partial charge >= 0.3 is 12.4 Å². The van der Waals surface area contributed by atoms with E-state index in [1.54, 1.807) is 37.2 Å². The van der Waals surface area contributed by atoms with Gasteiger partial charge in [-0.3, -0.25) is 9.59 Å². The number of hydrogen-bond acceptors (Lipinski definition) is 3. The molecule has 0 bridgehead atoms. The molecule has 2 aliphatic heterocycles. The Morgan fingerprint density at radius 3 is 2.03 bits per heavy atom. The highest BCUT2D eigenvalue weighted by Gasteiger charge is 2.43. The van der Waals surface area contributed by atoms with Crippen LogP contribution in [0.25, 0.3) is 0 Å². The lowest BCUT2D eigenvalue weighted by Gasteiger charge is -2.34. The molecule has 2 saturated heterocycles. The average Bonchev–Trinajstić information content (AvgIpc) is 3.25. The first-order valence-corrected chi connectivity index (χ1v) is 11.8. The number of halogens is 7. The number of piperidine rings is 1. The maximum atomic E-state index is 13.0. The molecule has 12 heteroatoms. The predicted octanol–water partition coefficient (Wildman–Crippen LogP) is 5.53. The Morgan fingerprint density at radius 2 is 1.55 bits per heavy atom. The molecule has 2 aromatic rings. The van der Waals surface area contributed by atoms with Crippen molar-refractivity contribution in [1.82, 2.24) is 9.80 Å². The molecule has 0 radical (unpaired) electrons. The van der Waals surface area contributed by atoms with Gasteiger partial charge < -0.3 is 14.5 Å². The van der Waals surface area contributed by atoms with Crippen molar-refractivity contribution < 1.29 is 45.1 Å². The first-order valence-electron chi connectivity index (χ1n) is 11.8. The monoisotopic (exact) mass is 548 g/mol. The molecule has 2 aliphatic rings. The predicted molar refractivity (Wildman–Crippen MR) is 123 cm³/mol. The lowest BCUT2D eigenvalue weighted by atomic mass is 9.89. The summed E-state index contributed by atoms with van der Waals surface area (Å²) in [7, 11) is 3.20. The summed E-state index contributed by atoms with van der Waals surface area (Å²) in [6.07, 6.45) is -9.50. The van der Waals surface area contributed by atoms with E-state index < -0.39 is 42.1 Å². The van der Waals surface area contributed by atoms with Gasteiger partial charge in [0.25, 0.3) is 0 Å². The molecular weight excluding hydrogens is 521 g/mol. The van der Waals surface area contributed by atoms with E-state index in [-0.39, 0.29) is 48.3 Å². The van der Waals surface area contributed by atoms with Gasteiger partial charge in [-0.1, -0.05) is 18.2 Å². The molecule has 2 fully saturated rings. The van der Waals surface area contributed by atoms with Crippen molar-refractivity contribution in [3.63, 3.8) is 0 Å². The standard InChI is InChI=1S/C20H22F6N2O3.C6H5F/c1-27(2)18(30)12-5-15-8-16(9-28(15)17(29)6-12)31-10-11-3-13(19(21,22)23)7-14(4-11)20(24,25)26;7-6-4-2-1-3-5-6/h3-4,7,12,15-16H,5-6,8-10H2,1-2H3;1-5H. The highest BCUT2D eigenvalue weighted by molar-refractivity contribution is 5.87. The van der Waals surface area contributed by atoms with E-state index in [1.807, 2.05) is 0 Å². The fourth-order valence-corrected chi connectivity index (χ4v) is 4.55. The SMILES string of the molecule is CN(C)C(=O)C1CC(=O)N2CC(OCc3cc(C(F)(F)F)cc(C(F)(F)F)c3)CC2C1.Fc1ccccc1. The first-order chi connectivity index (χ1) is 17.6.